The van der Waals surface area contributed by atoms with Gasteiger partial charge in [-0.05, 0) is 50.2 Å². The van der Waals surface area contributed by atoms with Crippen LogP contribution in [-0.4, -0.2) is 20.6 Å². The number of carbonyl (C=O) groups excluding carboxylic acids is 1. The number of benzene rings is 1. The normalized spacial score (nSPS) is 10.3. The number of aromatic nitrogens is 3. The first-order valence-electron chi connectivity index (χ1n) is 7.23. The molecule has 2 heterocycles. The average molecular weight is 307 g/mol. The number of rotatable bonds is 3. The van der Waals surface area contributed by atoms with E-state index in [0.29, 0.717) is 11.5 Å². The molecule has 6 heteroatoms. The van der Waals surface area contributed by atoms with Crippen molar-refractivity contribution in [3.63, 3.8) is 0 Å². The number of imidazole rings is 1. The number of urea groups is 1. The maximum absolute atomic E-state index is 11.9. The van der Waals surface area contributed by atoms with Gasteiger partial charge < -0.3 is 9.88 Å². The van der Waals surface area contributed by atoms with Crippen LogP contribution in [0.3, 0.4) is 0 Å². The van der Waals surface area contributed by atoms with Crippen LogP contribution in [0.4, 0.5) is 16.3 Å². The van der Waals surface area contributed by atoms with Crippen molar-refractivity contribution in [1.29, 1.82) is 0 Å². The molecule has 0 bridgehead atoms. The molecule has 0 spiro atoms. The first kappa shape index (κ1) is 14.8. The predicted molar refractivity (Wildman–Crippen MR) is 89.9 cm³/mol. The zero-order valence-electron chi connectivity index (χ0n) is 12.9. The van der Waals surface area contributed by atoms with E-state index in [1.807, 2.05) is 48.7 Å². The number of amides is 2. The van der Waals surface area contributed by atoms with Crippen molar-refractivity contribution in [2.45, 2.75) is 13.8 Å². The Morgan fingerprint density at radius 1 is 1.00 bits per heavy atom. The van der Waals surface area contributed by atoms with E-state index >= 15 is 0 Å². The van der Waals surface area contributed by atoms with Gasteiger partial charge in [-0.1, -0.05) is 6.07 Å². The molecular weight excluding hydrogens is 290 g/mol. The van der Waals surface area contributed by atoms with Crippen LogP contribution in [0.5, 0.6) is 0 Å². The quantitative estimate of drug-likeness (QED) is 0.777. The zero-order valence-corrected chi connectivity index (χ0v) is 12.9. The Bertz CT molecular complexity index is 809. The largest absolute Gasteiger partial charge is 0.324 e. The van der Waals surface area contributed by atoms with Gasteiger partial charge in [-0.15, -0.1) is 0 Å². The van der Waals surface area contributed by atoms with Gasteiger partial charge in [0.2, 0.25) is 0 Å². The average Bonchev–Trinajstić information content (AvgIpc) is 2.89. The summed E-state index contributed by atoms with van der Waals surface area (Å²) >= 11 is 0. The van der Waals surface area contributed by atoms with E-state index in [4.69, 9.17) is 0 Å². The number of aryl methyl sites for hydroxylation is 1. The number of nitrogens with zero attached hydrogens (tertiary/aromatic N) is 3. The smallest absolute Gasteiger partial charge is 0.308 e. The van der Waals surface area contributed by atoms with E-state index < -0.39 is 0 Å². The van der Waals surface area contributed by atoms with Crippen molar-refractivity contribution < 1.29 is 4.79 Å². The number of carbonyl (C=O) groups is 1. The number of anilines is 2. The van der Waals surface area contributed by atoms with Gasteiger partial charge in [0.1, 0.15) is 5.82 Å². The van der Waals surface area contributed by atoms with E-state index in [-0.39, 0.29) is 6.03 Å². The van der Waals surface area contributed by atoms with Crippen LogP contribution in [0.15, 0.2) is 55.0 Å². The fraction of sp³-hybridized carbons (Fsp3) is 0.118. The molecule has 0 unspecified atom stereocenters. The summed E-state index contributed by atoms with van der Waals surface area (Å²) in [6.07, 6.45) is 3.42. The van der Waals surface area contributed by atoms with Crippen molar-refractivity contribution in [3.05, 3.63) is 66.4 Å². The van der Waals surface area contributed by atoms with Crippen LogP contribution in [-0.2, 0) is 0 Å². The molecule has 2 N–H and O–H groups in total. The molecule has 0 aliphatic heterocycles. The van der Waals surface area contributed by atoms with Crippen molar-refractivity contribution in [1.82, 2.24) is 14.5 Å². The summed E-state index contributed by atoms with van der Waals surface area (Å²) in [4.78, 5) is 20.2. The first-order chi connectivity index (χ1) is 11.1. The predicted octanol–water partition coefficient (Wildman–Crippen LogP) is 3.53. The maximum atomic E-state index is 11.9. The second-order valence-corrected chi connectivity index (χ2v) is 5.13. The highest BCUT2D eigenvalue weighted by Crippen LogP contribution is 2.17. The monoisotopic (exact) mass is 307 g/mol. The molecule has 3 aromatic rings. The minimum atomic E-state index is -0.328. The lowest BCUT2D eigenvalue weighted by Crippen LogP contribution is -2.19. The molecule has 1 aromatic carbocycles. The number of hydrogen-bond donors (Lipinski definition) is 2. The third-order valence-electron chi connectivity index (χ3n) is 3.56. The molecule has 0 aliphatic rings. The molecule has 6 nitrogen and oxygen atoms in total. The third-order valence-corrected chi connectivity index (χ3v) is 3.56. The van der Waals surface area contributed by atoms with Gasteiger partial charge in [0.25, 0.3) is 0 Å². The molecule has 0 radical (unpaired) electrons. The SMILES string of the molecule is Cc1ncn(-c2ccc(NC(=O)Nc3ccccn3)cc2)c1C. The fourth-order valence-corrected chi connectivity index (χ4v) is 2.18. The lowest BCUT2D eigenvalue weighted by molar-refractivity contribution is 0.262. The second-order valence-electron chi connectivity index (χ2n) is 5.13. The van der Waals surface area contributed by atoms with Gasteiger partial charge in [-0.25, -0.2) is 14.8 Å². The van der Waals surface area contributed by atoms with E-state index in [2.05, 4.69) is 20.6 Å². The summed E-state index contributed by atoms with van der Waals surface area (Å²) < 4.78 is 2.01. The summed E-state index contributed by atoms with van der Waals surface area (Å²) in [6, 6.07) is 12.6. The highest BCUT2D eigenvalue weighted by atomic mass is 16.2. The summed E-state index contributed by atoms with van der Waals surface area (Å²) in [7, 11) is 0. The maximum Gasteiger partial charge on any atom is 0.324 e. The minimum absolute atomic E-state index is 0.328. The zero-order chi connectivity index (χ0) is 16.2. The molecule has 0 saturated carbocycles. The van der Waals surface area contributed by atoms with E-state index in [1.165, 1.54) is 0 Å². The Morgan fingerprint density at radius 2 is 1.78 bits per heavy atom. The van der Waals surface area contributed by atoms with Crippen LogP contribution < -0.4 is 10.6 Å². The Hall–Kier alpha value is -3.15. The second kappa shape index (κ2) is 6.31. The molecule has 116 valence electrons. The Labute approximate surface area is 134 Å². The Morgan fingerprint density at radius 3 is 2.39 bits per heavy atom. The molecule has 0 atom stereocenters. The molecule has 2 amide bonds. The van der Waals surface area contributed by atoms with Crippen LogP contribution in [0.25, 0.3) is 5.69 Å². The van der Waals surface area contributed by atoms with Crippen LogP contribution in [0.1, 0.15) is 11.4 Å². The number of nitrogens with one attached hydrogen (secondary N) is 2. The summed E-state index contributed by atoms with van der Waals surface area (Å²) in [5, 5.41) is 5.45. The van der Waals surface area contributed by atoms with Crippen molar-refractivity contribution in [3.8, 4) is 5.69 Å². The standard InChI is InChI=1S/C17H17N5O/c1-12-13(2)22(11-19-12)15-8-6-14(7-9-15)20-17(23)21-16-5-3-4-10-18-16/h3-11H,1-2H3,(H2,18,20,21,23). The Balaban J connectivity index is 1.68. The van der Waals surface area contributed by atoms with Gasteiger partial charge >= 0.3 is 6.03 Å². The minimum Gasteiger partial charge on any atom is -0.308 e. The highest BCUT2D eigenvalue weighted by molar-refractivity contribution is 5.99. The highest BCUT2D eigenvalue weighted by Gasteiger charge is 2.06. The van der Waals surface area contributed by atoms with Crippen molar-refractivity contribution >= 4 is 17.5 Å². The lowest BCUT2D eigenvalue weighted by Gasteiger charge is -2.09. The van der Waals surface area contributed by atoms with Crippen molar-refractivity contribution in [2.75, 3.05) is 10.6 Å². The van der Waals surface area contributed by atoms with Gasteiger partial charge in [0, 0.05) is 23.3 Å². The molecule has 0 aliphatic carbocycles. The fourth-order valence-electron chi connectivity index (χ4n) is 2.18. The van der Waals surface area contributed by atoms with Crippen LogP contribution in [0, 0.1) is 13.8 Å². The topological polar surface area (TPSA) is 71.8 Å². The van der Waals surface area contributed by atoms with Crippen LogP contribution >= 0.6 is 0 Å². The van der Waals surface area contributed by atoms with E-state index in [0.717, 1.165) is 17.1 Å². The van der Waals surface area contributed by atoms with Gasteiger partial charge in [0.15, 0.2) is 0 Å². The molecule has 0 saturated heterocycles. The van der Waals surface area contributed by atoms with Gasteiger partial charge in [-0.3, -0.25) is 5.32 Å². The van der Waals surface area contributed by atoms with Crippen LogP contribution in [0.2, 0.25) is 0 Å². The van der Waals surface area contributed by atoms with E-state index in [9.17, 15) is 4.79 Å². The number of pyridine rings is 1. The first-order valence-corrected chi connectivity index (χ1v) is 7.23. The Kier molecular flexibility index (Phi) is 4.05. The molecule has 0 fully saturated rings. The lowest BCUT2D eigenvalue weighted by atomic mass is 10.2. The summed E-state index contributed by atoms with van der Waals surface area (Å²) in [6.45, 7) is 4.00. The molecule has 2 aromatic heterocycles. The molecule has 3 rings (SSSR count). The van der Waals surface area contributed by atoms with Crippen molar-refractivity contribution in [2.24, 2.45) is 0 Å². The molecular formula is C17H17N5O. The van der Waals surface area contributed by atoms with Gasteiger partial charge in [0.05, 0.1) is 12.0 Å². The summed E-state index contributed by atoms with van der Waals surface area (Å²) in [5.74, 6) is 0.506. The molecule has 23 heavy (non-hydrogen) atoms. The van der Waals surface area contributed by atoms with E-state index in [1.54, 1.807) is 24.7 Å². The van der Waals surface area contributed by atoms with Gasteiger partial charge in [-0.2, -0.15) is 0 Å². The number of hydrogen-bond acceptors (Lipinski definition) is 3. The third kappa shape index (κ3) is 3.37. The summed E-state index contributed by atoms with van der Waals surface area (Å²) in [5.41, 5.74) is 3.80.